The smallest absolute Gasteiger partial charge is 0.270 e. The summed E-state index contributed by atoms with van der Waals surface area (Å²) in [5.41, 5.74) is 1.33. The van der Waals surface area contributed by atoms with Crippen molar-refractivity contribution in [3.63, 3.8) is 0 Å². The molecule has 2 aromatic rings. The van der Waals surface area contributed by atoms with Gasteiger partial charge in [-0.1, -0.05) is 12.8 Å². The van der Waals surface area contributed by atoms with E-state index in [1.165, 1.54) is 25.0 Å². The fourth-order valence-corrected chi connectivity index (χ4v) is 2.87. The molecule has 1 aromatic heterocycles. The van der Waals surface area contributed by atoms with E-state index in [2.05, 4.69) is 4.98 Å². The molecule has 1 amide bonds. The Morgan fingerprint density at radius 2 is 2.05 bits per heavy atom. The molecule has 1 aliphatic rings. The molecule has 1 heterocycles. The fourth-order valence-electron chi connectivity index (χ4n) is 2.87. The number of H-pyrrole nitrogens is 1. The SMILES string of the molecule is CN(C(=O)c1cc2cc(F)ccc2[nH]1)C1CCCC1. The number of aromatic nitrogens is 1. The van der Waals surface area contributed by atoms with Crippen LogP contribution < -0.4 is 0 Å². The van der Waals surface area contributed by atoms with Crippen LogP contribution in [0.25, 0.3) is 10.9 Å². The minimum atomic E-state index is -0.283. The Kier molecular flexibility index (Phi) is 3.01. The van der Waals surface area contributed by atoms with Gasteiger partial charge in [0.25, 0.3) is 5.91 Å². The lowest BCUT2D eigenvalue weighted by Crippen LogP contribution is -2.35. The first kappa shape index (κ1) is 12.2. The van der Waals surface area contributed by atoms with Crippen LogP contribution in [-0.2, 0) is 0 Å². The van der Waals surface area contributed by atoms with E-state index >= 15 is 0 Å². The summed E-state index contributed by atoms with van der Waals surface area (Å²) in [6, 6.07) is 6.57. The Balaban J connectivity index is 1.88. The maximum absolute atomic E-state index is 13.1. The largest absolute Gasteiger partial charge is 0.351 e. The van der Waals surface area contributed by atoms with Crippen molar-refractivity contribution >= 4 is 16.8 Å². The van der Waals surface area contributed by atoms with Gasteiger partial charge >= 0.3 is 0 Å². The zero-order chi connectivity index (χ0) is 13.4. The van der Waals surface area contributed by atoms with Crippen molar-refractivity contribution in [3.05, 3.63) is 35.8 Å². The van der Waals surface area contributed by atoms with Crippen molar-refractivity contribution in [1.29, 1.82) is 0 Å². The molecule has 0 saturated heterocycles. The summed E-state index contributed by atoms with van der Waals surface area (Å²) < 4.78 is 13.1. The second-order valence-corrected chi connectivity index (χ2v) is 5.27. The Labute approximate surface area is 111 Å². The van der Waals surface area contributed by atoms with E-state index in [1.807, 2.05) is 11.9 Å². The molecule has 4 heteroatoms. The summed E-state index contributed by atoms with van der Waals surface area (Å²) in [4.78, 5) is 17.3. The molecule has 0 radical (unpaired) electrons. The second kappa shape index (κ2) is 4.68. The molecule has 19 heavy (non-hydrogen) atoms. The molecule has 3 rings (SSSR count). The van der Waals surface area contributed by atoms with Gasteiger partial charge in [0, 0.05) is 24.0 Å². The molecule has 1 fully saturated rings. The van der Waals surface area contributed by atoms with E-state index in [0.29, 0.717) is 11.7 Å². The van der Waals surface area contributed by atoms with Gasteiger partial charge in [-0.05, 0) is 37.1 Å². The van der Waals surface area contributed by atoms with Gasteiger partial charge in [0.2, 0.25) is 0 Å². The average molecular weight is 260 g/mol. The topological polar surface area (TPSA) is 36.1 Å². The van der Waals surface area contributed by atoms with E-state index in [0.717, 1.165) is 23.7 Å². The van der Waals surface area contributed by atoms with Crippen LogP contribution in [0.1, 0.15) is 36.2 Å². The summed E-state index contributed by atoms with van der Waals surface area (Å²) in [6.45, 7) is 0. The summed E-state index contributed by atoms with van der Waals surface area (Å²) in [6.07, 6.45) is 4.55. The summed E-state index contributed by atoms with van der Waals surface area (Å²) in [5.74, 6) is -0.293. The van der Waals surface area contributed by atoms with Crippen LogP contribution in [0.3, 0.4) is 0 Å². The standard InChI is InChI=1S/C15H17FN2O/c1-18(12-4-2-3-5-12)15(19)14-9-10-8-11(16)6-7-13(10)17-14/h6-9,12,17H,2-5H2,1H3. The van der Waals surface area contributed by atoms with Crippen LogP contribution in [0.4, 0.5) is 4.39 Å². The number of aromatic amines is 1. The normalized spacial score (nSPS) is 16.1. The fraction of sp³-hybridized carbons (Fsp3) is 0.400. The maximum atomic E-state index is 13.1. The maximum Gasteiger partial charge on any atom is 0.270 e. The van der Waals surface area contributed by atoms with Gasteiger partial charge in [-0.2, -0.15) is 0 Å². The summed E-state index contributed by atoms with van der Waals surface area (Å²) in [5, 5.41) is 0.739. The minimum Gasteiger partial charge on any atom is -0.351 e. The summed E-state index contributed by atoms with van der Waals surface area (Å²) >= 11 is 0. The van der Waals surface area contributed by atoms with E-state index in [9.17, 15) is 9.18 Å². The Bertz CT molecular complexity index is 614. The Morgan fingerprint density at radius 3 is 2.79 bits per heavy atom. The van der Waals surface area contributed by atoms with E-state index in [1.54, 1.807) is 12.1 Å². The van der Waals surface area contributed by atoms with Gasteiger partial charge < -0.3 is 9.88 Å². The second-order valence-electron chi connectivity index (χ2n) is 5.27. The van der Waals surface area contributed by atoms with Crippen molar-refractivity contribution in [3.8, 4) is 0 Å². The third kappa shape index (κ3) is 2.23. The number of rotatable bonds is 2. The molecule has 1 aliphatic carbocycles. The first-order valence-corrected chi connectivity index (χ1v) is 6.70. The van der Waals surface area contributed by atoms with E-state index in [4.69, 9.17) is 0 Å². The summed E-state index contributed by atoms with van der Waals surface area (Å²) in [7, 11) is 1.85. The van der Waals surface area contributed by atoms with Gasteiger partial charge in [-0.15, -0.1) is 0 Å². The van der Waals surface area contributed by atoms with Crippen molar-refractivity contribution in [1.82, 2.24) is 9.88 Å². The van der Waals surface area contributed by atoms with Gasteiger partial charge in [0.05, 0.1) is 0 Å². The Morgan fingerprint density at radius 1 is 1.32 bits per heavy atom. The first-order valence-electron chi connectivity index (χ1n) is 6.70. The predicted octanol–water partition coefficient (Wildman–Crippen LogP) is 3.32. The molecular weight excluding hydrogens is 243 g/mol. The van der Waals surface area contributed by atoms with Crippen LogP contribution in [0.2, 0.25) is 0 Å². The van der Waals surface area contributed by atoms with Crippen LogP contribution in [-0.4, -0.2) is 28.9 Å². The molecule has 3 nitrogen and oxygen atoms in total. The number of carbonyl (C=O) groups excluding carboxylic acids is 1. The third-order valence-electron chi connectivity index (χ3n) is 4.01. The number of benzene rings is 1. The van der Waals surface area contributed by atoms with Crippen molar-refractivity contribution in [2.75, 3.05) is 7.05 Å². The van der Waals surface area contributed by atoms with Gasteiger partial charge in [0.1, 0.15) is 11.5 Å². The van der Waals surface area contributed by atoms with Crippen LogP contribution in [0, 0.1) is 5.82 Å². The molecule has 0 aliphatic heterocycles. The highest BCUT2D eigenvalue weighted by Crippen LogP contribution is 2.24. The lowest BCUT2D eigenvalue weighted by molar-refractivity contribution is 0.0730. The van der Waals surface area contributed by atoms with Gasteiger partial charge in [-0.3, -0.25) is 4.79 Å². The molecule has 100 valence electrons. The average Bonchev–Trinajstić information content (AvgIpc) is 3.05. The lowest BCUT2D eigenvalue weighted by atomic mass is 10.2. The number of amides is 1. The molecule has 1 N–H and O–H groups in total. The van der Waals surface area contributed by atoms with Crippen molar-refractivity contribution in [2.45, 2.75) is 31.7 Å². The lowest BCUT2D eigenvalue weighted by Gasteiger charge is -2.23. The Hall–Kier alpha value is -1.84. The monoisotopic (exact) mass is 260 g/mol. The molecule has 0 atom stereocenters. The number of halogens is 1. The molecule has 0 spiro atoms. The van der Waals surface area contributed by atoms with Gasteiger partial charge in [-0.25, -0.2) is 4.39 Å². The van der Waals surface area contributed by atoms with E-state index < -0.39 is 0 Å². The number of nitrogens with zero attached hydrogens (tertiary/aromatic N) is 1. The number of nitrogens with one attached hydrogen (secondary N) is 1. The quantitative estimate of drug-likeness (QED) is 0.883. The molecule has 1 saturated carbocycles. The highest BCUT2D eigenvalue weighted by Gasteiger charge is 2.25. The zero-order valence-corrected chi connectivity index (χ0v) is 10.9. The van der Waals surface area contributed by atoms with Crippen molar-refractivity contribution < 1.29 is 9.18 Å². The van der Waals surface area contributed by atoms with E-state index in [-0.39, 0.29) is 11.7 Å². The molecule has 0 unspecified atom stereocenters. The highest BCUT2D eigenvalue weighted by molar-refractivity contribution is 5.98. The number of hydrogen-bond acceptors (Lipinski definition) is 1. The molecule has 0 bridgehead atoms. The highest BCUT2D eigenvalue weighted by atomic mass is 19.1. The minimum absolute atomic E-state index is 0.0106. The first-order chi connectivity index (χ1) is 9.15. The van der Waals surface area contributed by atoms with Crippen LogP contribution >= 0.6 is 0 Å². The van der Waals surface area contributed by atoms with Crippen LogP contribution in [0.15, 0.2) is 24.3 Å². The van der Waals surface area contributed by atoms with Gasteiger partial charge in [0.15, 0.2) is 0 Å². The molecule has 1 aromatic carbocycles. The molecular formula is C15H17FN2O. The number of fused-ring (bicyclic) bond motifs is 1. The van der Waals surface area contributed by atoms with Crippen molar-refractivity contribution in [2.24, 2.45) is 0 Å². The number of hydrogen-bond donors (Lipinski definition) is 1. The third-order valence-corrected chi connectivity index (χ3v) is 4.01. The predicted molar refractivity (Wildman–Crippen MR) is 72.6 cm³/mol. The zero-order valence-electron chi connectivity index (χ0n) is 10.9. The van der Waals surface area contributed by atoms with Crippen LogP contribution in [0.5, 0.6) is 0 Å². The number of carbonyl (C=O) groups is 1.